The normalized spacial score (nSPS) is 11.4. The van der Waals surface area contributed by atoms with Crippen LogP contribution in [0.2, 0.25) is 5.02 Å². The molecule has 0 aliphatic heterocycles. The molecule has 2 aromatic carbocycles. The van der Waals surface area contributed by atoms with Crippen LogP contribution >= 0.6 is 11.6 Å². The van der Waals surface area contributed by atoms with Crippen molar-refractivity contribution in [3.63, 3.8) is 0 Å². The molecule has 0 saturated carbocycles. The van der Waals surface area contributed by atoms with E-state index in [4.69, 9.17) is 11.6 Å². The Labute approximate surface area is 119 Å². The van der Waals surface area contributed by atoms with Gasteiger partial charge in [0, 0.05) is 5.39 Å². The third kappa shape index (κ3) is 1.47. The number of para-hydroxylation sites is 1. The van der Waals surface area contributed by atoms with Crippen molar-refractivity contribution in [3.8, 4) is 5.69 Å². The van der Waals surface area contributed by atoms with Crippen LogP contribution in [0.4, 0.5) is 0 Å². The van der Waals surface area contributed by atoms with Gasteiger partial charge < -0.3 is 0 Å². The number of nitrogens with zero attached hydrogens (tertiary/aromatic N) is 2. The molecular weight excluding hydrogens is 272 g/mol. The van der Waals surface area contributed by atoms with Gasteiger partial charge in [-0.1, -0.05) is 29.8 Å². The van der Waals surface area contributed by atoms with E-state index in [1.165, 1.54) is 0 Å². The summed E-state index contributed by atoms with van der Waals surface area (Å²) in [6, 6.07) is 15.2. The van der Waals surface area contributed by atoms with Crippen molar-refractivity contribution < 1.29 is 4.57 Å². The van der Waals surface area contributed by atoms with Crippen molar-refractivity contribution in [2.45, 2.75) is 0 Å². The molecule has 96 valence electrons. The molecule has 4 rings (SSSR count). The molecule has 0 N–H and O–H groups in total. The molecule has 2 heterocycles. The van der Waals surface area contributed by atoms with Crippen LogP contribution in [-0.4, -0.2) is 4.40 Å². The fraction of sp³-hybridized carbons (Fsp3) is 0. The van der Waals surface area contributed by atoms with Crippen molar-refractivity contribution in [2.24, 2.45) is 0 Å². The minimum absolute atomic E-state index is 0.0963. The summed E-state index contributed by atoms with van der Waals surface area (Å²) in [4.78, 5) is 12.6. The molecule has 0 spiro atoms. The lowest BCUT2D eigenvalue weighted by molar-refractivity contribution is -0.614. The number of hydrogen-bond donors (Lipinski definition) is 0. The lowest BCUT2D eigenvalue weighted by Crippen LogP contribution is -2.50. The summed E-state index contributed by atoms with van der Waals surface area (Å²) in [6.45, 7) is 0. The number of rotatable bonds is 1. The van der Waals surface area contributed by atoms with Crippen LogP contribution in [-0.2, 0) is 0 Å². The minimum Gasteiger partial charge on any atom is -0.196 e. The fourth-order valence-electron chi connectivity index (χ4n) is 2.59. The zero-order valence-corrected chi connectivity index (χ0v) is 11.2. The van der Waals surface area contributed by atoms with Gasteiger partial charge in [-0.05, 0) is 30.3 Å². The second-order valence-corrected chi connectivity index (χ2v) is 5.11. The summed E-state index contributed by atoms with van der Waals surface area (Å²) in [5.74, 6) is 0. The lowest BCUT2D eigenvalue weighted by atomic mass is 10.2. The highest BCUT2D eigenvalue weighted by atomic mass is 35.5. The van der Waals surface area contributed by atoms with E-state index in [0.29, 0.717) is 5.02 Å². The van der Waals surface area contributed by atoms with Gasteiger partial charge in [-0.25, -0.2) is 0 Å². The molecule has 0 saturated heterocycles. The molecule has 0 aliphatic carbocycles. The van der Waals surface area contributed by atoms with E-state index in [-0.39, 0.29) is 5.69 Å². The third-order valence-corrected chi connectivity index (χ3v) is 3.87. The summed E-state index contributed by atoms with van der Waals surface area (Å²) in [5, 5.41) is 2.53. The van der Waals surface area contributed by atoms with Crippen molar-refractivity contribution in [1.82, 2.24) is 4.40 Å². The number of aromatic nitrogens is 2. The Hall–Kier alpha value is -2.39. The van der Waals surface area contributed by atoms with Gasteiger partial charge in [-0.2, -0.15) is 13.8 Å². The van der Waals surface area contributed by atoms with E-state index in [9.17, 15) is 4.79 Å². The Morgan fingerprint density at radius 3 is 2.60 bits per heavy atom. The van der Waals surface area contributed by atoms with E-state index in [2.05, 4.69) is 0 Å². The highest BCUT2D eigenvalue weighted by Gasteiger charge is 2.19. The molecular formula is C16H10ClN2O+. The minimum atomic E-state index is -0.0963. The molecule has 3 nitrogen and oxygen atoms in total. The molecule has 0 fully saturated rings. The van der Waals surface area contributed by atoms with Crippen LogP contribution in [0.15, 0.2) is 65.7 Å². The summed E-state index contributed by atoms with van der Waals surface area (Å²) in [7, 11) is 0. The number of hydrogen-bond acceptors (Lipinski definition) is 1. The average molecular weight is 282 g/mol. The standard InChI is InChI=1S/C16H10ClN2O/c17-14-7-6-11-8-9-18-15(11)13(14)10-19(16(18)20)12-4-2-1-3-5-12/h1-10H/q+1. The van der Waals surface area contributed by atoms with Crippen molar-refractivity contribution in [2.75, 3.05) is 0 Å². The largest absolute Gasteiger partial charge is 0.508 e. The quantitative estimate of drug-likeness (QED) is 0.493. The SMILES string of the molecule is O=c1n2ccc3ccc(Cl)c(c[n+]1-c1ccccc1)c32. The lowest BCUT2D eigenvalue weighted by Gasteiger charge is -2.02. The summed E-state index contributed by atoms with van der Waals surface area (Å²) < 4.78 is 3.26. The maximum Gasteiger partial charge on any atom is 0.508 e. The Morgan fingerprint density at radius 2 is 1.80 bits per heavy atom. The first-order chi connectivity index (χ1) is 9.75. The zero-order valence-electron chi connectivity index (χ0n) is 10.5. The molecule has 0 unspecified atom stereocenters. The second-order valence-electron chi connectivity index (χ2n) is 4.70. The smallest absolute Gasteiger partial charge is 0.196 e. The van der Waals surface area contributed by atoms with Crippen LogP contribution in [0.1, 0.15) is 0 Å². The van der Waals surface area contributed by atoms with E-state index in [0.717, 1.165) is 22.0 Å². The van der Waals surface area contributed by atoms with Gasteiger partial charge in [0.25, 0.3) is 0 Å². The highest BCUT2D eigenvalue weighted by Crippen LogP contribution is 2.26. The van der Waals surface area contributed by atoms with Gasteiger partial charge in [-0.3, -0.25) is 0 Å². The Balaban J connectivity index is 2.21. The predicted octanol–water partition coefficient (Wildman–Crippen LogP) is 2.82. The summed E-state index contributed by atoms with van der Waals surface area (Å²) in [5.41, 5.74) is 1.60. The maximum absolute atomic E-state index is 12.6. The van der Waals surface area contributed by atoms with E-state index < -0.39 is 0 Å². The molecule has 0 amide bonds. The second kappa shape index (κ2) is 4.05. The van der Waals surface area contributed by atoms with Gasteiger partial charge in [0.2, 0.25) is 0 Å². The van der Waals surface area contributed by atoms with Gasteiger partial charge >= 0.3 is 5.69 Å². The topological polar surface area (TPSA) is 25.4 Å². The maximum atomic E-state index is 12.6. The van der Waals surface area contributed by atoms with E-state index >= 15 is 0 Å². The van der Waals surface area contributed by atoms with Crippen molar-refractivity contribution >= 4 is 27.9 Å². The molecule has 20 heavy (non-hydrogen) atoms. The summed E-state index contributed by atoms with van der Waals surface area (Å²) in [6.07, 6.45) is 3.60. The highest BCUT2D eigenvalue weighted by molar-refractivity contribution is 6.36. The van der Waals surface area contributed by atoms with E-state index in [1.54, 1.807) is 15.2 Å². The van der Waals surface area contributed by atoms with Crippen LogP contribution in [0.25, 0.3) is 22.0 Å². The van der Waals surface area contributed by atoms with Gasteiger partial charge in [0.1, 0.15) is 18.1 Å². The Kier molecular flexibility index (Phi) is 2.32. The molecule has 4 heteroatoms. The molecule has 0 bridgehead atoms. The van der Waals surface area contributed by atoms with Gasteiger partial charge in [0.05, 0.1) is 10.4 Å². The van der Waals surface area contributed by atoms with Crippen LogP contribution < -0.4 is 10.3 Å². The predicted molar refractivity (Wildman–Crippen MR) is 78.9 cm³/mol. The van der Waals surface area contributed by atoms with Gasteiger partial charge in [0.15, 0.2) is 5.52 Å². The monoisotopic (exact) mass is 281 g/mol. The Morgan fingerprint density at radius 1 is 1.00 bits per heavy atom. The fourth-order valence-corrected chi connectivity index (χ4v) is 2.79. The van der Waals surface area contributed by atoms with Crippen LogP contribution in [0, 0.1) is 0 Å². The third-order valence-electron chi connectivity index (χ3n) is 3.54. The molecule has 0 atom stereocenters. The van der Waals surface area contributed by atoms with Crippen LogP contribution in [0.3, 0.4) is 0 Å². The van der Waals surface area contributed by atoms with Crippen LogP contribution in [0.5, 0.6) is 0 Å². The summed E-state index contributed by atoms with van der Waals surface area (Å²) >= 11 is 6.28. The average Bonchev–Trinajstić information content (AvgIpc) is 2.91. The van der Waals surface area contributed by atoms with Gasteiger partial charge in [-0.15, -0.1) is 0 Å². The Bertz CT molecular complexity index is 976. The van der Waals surface area contributed by atoms with Crippen molar-refractivity contribution in [3.05, 3.63) is 76.4 Å². The molecule has 2 aromatic heterocycles. The zero-order chi connectivity index (χ0) is 13.7. The first-order valence-electron chi connectivity index (χ1n) is 6.29. The number of benzene rings is 2. The first-order valence-corrected chi connectivity index (χ1v) is 6.66. The van der Waals surface area contributed by atoms with Crippen molar-refractivity contribution in [1.29, 1.82) is 0 Å². The molecule has 4 aromatic rings. The number of halogens is 1. The first kappa shape index (κ1) is 11.4. The van der Waals surface area contributed by atoms with E-state index in [1.807, 2.05) is 54.7 Å². The molecule has 0 aliphatic rings. The molecule has 0 radical (unpaired) electrons.